The van der Waals surface area contributed by atoms with Crippen molar-refractivity contribution in [1.29, 1.82) is 0 Å². The number of benzene rings is 4. The molecule has 1 N–H and O–H groups in total. The fourth-order valence-electron chi connectivity index (χ4n) is 4.82. The molecule has 0 heterocycles. The van der Waals surface area contributed by atoms with Gasteiger partial charge in [0.1, 0.15) is 17.1 Å². The summed E-state index contributed by atoms with van der Waals surface area (Å²) in [7, 11) is 4.61. The predicted octanol–water partition coefficient (Wildman–Crippen LogP) is 6.37. The highest BCUT2D eigenvalue weighted by atomic mass is 16.6. The van der Waals surface area contributed by atoms with Gasteiger partial charge in [0.2, 0.25) is 0 Å². The van der Waals surface area contributed by atoms with Gasteiger partial charge < -0.3 is 28.8 Å². The number of carboxylic acids is 1. The summed E-state index contributed by atoms with van der Waals surface area (Å²) in [5, 5.41) is 21.1. The first-order valence-corrected chi connectivity index (χ1v) is 13.5. The number of rotatable bonds is 15. The molecule has 0 saturated heterocycles. The van der Waals surface area contributed by atoms with Crippen LogP contribution in [0.1, 0.15) is 35.1 Å². The average molecular weight is 588 g/mol. The highest BCUT2D eigenvalue weighted by molar-refractivity contribution is 5.66. The summed E-state index contributed by atoms with van der Waals surface area (Å²) in [5.74, 6) is 0.783. The second-order valence-electron chi connectivity index (χ2n) is 9.53. The smallest absolute Gasteiger partial charge is 0.303 e. The molecule has 0 aliphatic rings. The van der Waals surface area contributed by atoms with Crippen LogP contribution in [0, 0.1) is 10.1 Å². The number of nitro groups is 1. The van der Waals surface area contributed by atoms with E-state index in [1.807, 2.05) is 78.9 Å². The van der Waals surface area contributed by atoms with E-state index < -0.39 is 16.5 Å². The summed E-state index contributed by atoms with van der Waals surface area (Å²) in [6, 6.07) is 27.3. The maximum atomic E-state index is 12.2. The van der Waals surface area contributed by atoms with Gasteiger partial charge in [0, 0.05) is 6.42 Å². The first-order chi connectivity index (χ1) is 20.8. The number of hydrogen-bond acceptors (Lipinski definition) is 8. The lowest BCUT2D eigenvalue weighted by Crippen LogP contribution is -2.33. The first-order valence-electron chi connectivity index (χ1n) is 13.5. The third-order valence-electron chi connectivity index (χ3n) is 6.97. The minimum Gasteiger partial charge on any atom is -0.497 e. The Hall–Kier alpha value is -5.09. The van der Waals surface area contributed by atoms with Gasteiger partial charge in [0.15, 0.2) is 11.5 Å². The van der Waals surface area contributed by atoms with Crippen LogP contribution >= 0.6 is 0 Å². The SMILES string of the molecule is COc1ccc(C(OCc2cc(OC)c(OCCCC(=O)O)cc2[N+](=O)[O-])(c2ccccc2)c2ccc(OC)cc2)cc1. The van der Waals surface area contributed by atoms with Gasteiger partial charge in [-0.1, -0.05) is 54.6 Å². The molecule has 0 aliphatic heterocycles. The van der Waals surface area contributed by atoms with Crippen molar-refractivity contribution < 1.29 is 38.5 Å². The van der Waals surface area contributed by atoms with Crippen molar-refractivity contribution in [2.24, 2.45) is 0 Å². The van der Waals surface area contributed by atoms with Gasteiger partial charge in [-0.25, -0.2) is 0 Å². The van der Waals surface area contributed by atoms with Crippen LogP contribution in [0.2, 0.25) is 0 Å². The minimum absolute atomic E-state index is 0.0573. The Labute approximate surface area is 249 Å². The third kappa shape index (κ3) is 7.04. The fraction of sp³-hybridized carbons (Fsp3) is 0.242. The number of hydrogen-bond donors (Lipinski definition) is 1. The zero-order valence-electron chi connectivity index (χ0n) is 24.1. The van der Waals surface area contributed by atoms with Crippen LogP contribution in [-0.2, 0) is 21.7 Å². The van der Waals surface area contributed by atoms with Crippen molar-refractivity contribution in [1.82, 2.24) is 0 Å². The molecular weight excluding hydrogens is 554 g/mol. The van der Waals surface area contributed by atoms with Gasteiger partial charge in [-0.2, -0.15) is 0 Å². The maximum Gasteiger partial charge on any atom is 0.303 e. The zero-order chi connectivity index (χ0) is 30.8. The molecule has 0 amide bonds. The van der Waals surface area contributed by atoms with Crippen LogP contribution < -0.4 is 18.9 Å². The maximum absolute atomic E-state index is 12.2. The van der Waals surface area contributed by atoms with Crippen molar-refractivity contribution >= 4 is 11.7 Å². The van der Waals surface area contributed by atoms with E-state index >= 15 is 0 Å². The highest BCUT2D eigenvalue weighted by Crippen LogP contribution is 2.44. The van der Waals surface area contributed by atoms with Crippen molar-refractivity contribution in [3.63, 3.8) is 0 Å². The Morgan fingerprint density at radius 3 is 1.84 bits per heavy atom. The molecule has 0 saturated carbocycles. The largest absolute Gasteiger partial charge is 0.497 e. The summed E-state index contributed by atoms with van der Waals surface area (Å²) in [6.07, 6.45) is 0.148. The van der Waals surface area contributed by atoms with E-state index in [1.165, 1.54) is 19.2 Å². The molecule has 0 spiro atoms. The number of aliphatic carboxylic acids is 1. The van der Waals surface area contributed by atoms with Crippen LogP contribution in [0.3, 0.4) is 0 Å². The van der Waals surface area contributed by atoms with Gasteiger partial charge in [-0.05, 0) is 53.4 Å². The van der Waals surface area contributed by atoms with Crippen molar-refractivity contribution in [3.8, 4) is 23.0 Å². The van der Waals surface area contributed by atoms with Crippen LogP contribution in [0.25, 0.3) is 0 Å². The molecular formula is C33H33NO9. The van der Waals surface area contributed by atoms with Crippen molar-refractivity contribution in [2.45, 2.75) is 25.0 Å². The van der Waals surface area contributed by atoms with Crippen LogP contribution in [0.4, 0.5) is 5.69 Å². The van der Waals surface area contributed by atoms with Crippen molar-refractivity contribution in [3.05, 3.63) is 123 Å². The fourth-order valence-corrected chi connectivity index (χ4v) is 4.82. The van der Waals surface area contributed by atoms with Gasteiger partial charge in [-0.15, -0.1) is 0 Å². The predicted molar refractivity (Wildman–Crippen MR) is 159 cm³/mol. The highest BCUT2D eigenvalue weighted by Gasteiger charge is 2.38. The summed E-state index contributed by atoms with van der Waals surface area (Å²) < 4.78 is 28.8. The zero-order valence-corrected chi connectivity index (χ0v) is 24.1. The van der Waals surface area contributed by atoms with E-state index in [9.17, 15) is 14.9 Å². The summed E-state index contributed by atoms with van der Waals surface area (Å²) >= 11 is 0. The van der Waals surface area contributed by atoms with Gasteiger partial charge >= 0.3 is 5.97 Å². The van der Waals surface area contributed by atoms with Crippen LogP contribution in [0.15, 0.2) is 91.0 Å². The molecule has 43 heavy (non-hydrogen) atoms. The molecule has 10 heteroatoms. The van der Waals surface area contributed by atoms with Gasteiger partial charge in [0.05, 0.1) is 51.1 Å². The average Bonchev–Trinajstić information content (AvgIpc) is 3.04. The standard InChI is InChI=1S/C33H33NO9/c1-39-27-15-11-25(12-16-27)33(24-8-5-4-6-9-24,26-13-17-28(40-2)18-14-26)43-22-23-20-30(41-3)31(21-29(23)34(37)38)42-19-7-10-32(35)36/h4-6,8-9,11-18,20-21H,7,10,19,22H2,1-3H3,(H,35,36). The number of carbonyl (C=O) groups is 1. The Morgan fingerprint density at radius 2 is 1.35 bits per heavy atom. The molecule has 0 aliphatic carbocycles. The molecule has 4 rings (SSSR count). The van der Waals surface area contributed by atoms with E-state index in [2.05, 4.69) is 0 Å². The monoisotopic (exact) mass is 587 g/mol. The van der Waals surface area contributed by atoms with Gasteiger partial charge in [0.25, 0.3) is 5.69 Å². The number of carboxylic acid groups (broad SMARTS) is 1. The van der Waals surface area contributed by atoms with E-state index in [-0.39, 0.29) is 48.8 Å². The molecule has 4 aromatic carbocycles. The lowest BCUT2D eigenvalue weighted by molar-refractivity contribution is -0.386. The summed E-state index contributed by atoms with van der Waals surface area (Å²) in [4.78, 5) is 22.6. The Bertz CT molecular complexity index is 1470. The molecule has 0 radical (unpaired) electrons. The van der Waals surface area contributed by atoms with E-state index in [1.54, 1.807) is 14.2 Å². The van der Waals surface area contributed by atoms with Gasteiger partial charge in [-0.3, -0.25) is 14.9 Å². The normalized spacial score (nSPS) is 11.0. The van der Waals surface area contributed by atoms with E-state index in [0.717, 1.165) is 16.7 Å². The molecule has 0 bridgehead atoms. The van der Waals surface area contributed by atoms with Crippen LogP contribution in [-0.4, -0.2) is 43.9 Å². The Kier molecular flexibility index (Phi) is 10.2. The molecule has 0 fully saturated rings. The van der Waals surface area contributed by atoms with E-state index in [4.69, 9.17) is 28.8 Å². The molecule has 0 unspecified atom stereocenters. The summed E-state index contributed by atoms with van der Waals surface area (Å²) in [6.45, 7) is -0.110. The molecule has 224 valence electrons. The first kappa shape index (κ1) is 30.9. The third-order valence-corrected chi connectivity index (χ3v) is 6.97. The Morgan fingerprint density at radius 1 is 0.791 bits per heavy atom. The number of nitrogens with zero attached hydrogens (tertiary/aromatic N) is 1. The number of methoxy groups -OCH3 is 3. The Balaban J connectivity index is 1.82. The second kappa shape index (κ2) is 14.2. The lowest BCUT2D eigenvalue weighted by atomic mass is 9.80. The molecule has 4 aromatic rings. The quantitative estimate of drug-likeness (QED) is 0.0730. The topological polar surface area (TPSA) is 127 Å². The number of nitro benzene ring substituents is 1. The molecule has 0 aromatic heterocycles. The lowest BCUT2D eigenvalue weighted by Gasteiger charge is -2.36. The van der Waals surface area contributed by atoms with Crippen molar-refractivity contribution in [2.75, 3.05) is 27.9 Å². The minimum atomic E-state index is -1.19. The van der Waals surface area contributed by atoms with E-state index in [0.29, 0.717) is 11.5 Å². The number of ether oxygens (including phenoxy) is 5. The van der Waals surface area contributed by atoms with Crippen LogP contribution in [0.5, 0.6) is 23.0 Å². The second-order valence-corrected chi connectivity index (χ2v) is 9.53. The molecule has 10 nitrogen and oxygen atoms in total. The molecule has 0 atom stereocenters. The summed E-state index contributed by atoms with van der Waals surface area (Å²) in [5.41, 5.74) is 1.21.